The molecule has 27 heavy (non-hydrogen) atoms. The Hall–Kier alpha value is -1.52. The van der Waals surface area contributed by atoms with Crippen LogP contribution in [0.2, 0.25) is 0 Å². The molecule has 1 aliphatic rings. The molecule has 6 nitrogen and oxygen atoms in total. The lowest BCUT2D eigenvalue weighted by molar-refractivity contribution is -0.111. The van der Waals surface area contributed by atoms with Crippen LogP contribution in [0.3, 0.4) is 0 Å². The maximum Gasteiger partial charge on any atom is 0.248 e. The van der Waals surface area contributed by atoms with E-state index in [-0.39, 0.29) is 10.8 Å². The first-order chi connectivity index (χ1) is 12.8. The lowest BCUT2D eigenvalue weighted by atomic mass is 10.3. The predicted octanol–water partition coefficient (Wildman–Crippen LogP) is 3.10. The van der Waals surface area contributed by atoms with Crippen LogP contribution in [-0.4, -0.2) is 56.8 Å². The summed E-state index contributed by atoms with van der Waals surface area (Å²) in [5.74, 6) is -0.269. The van der Waals surface area contributed by atoms with Crippen LogP contribution in [0.15, 0.2) is 51.2 Å². The predicted molar refractivity (Wildman–Crippen MR) is 112 cm³/mol. The molecule has 144 valence electrons. The van der Waals surface area contributed by atoms with Crippen molar-refractivity contribution in [1.29, 1.82) is 0 Å². The number of halogens is 1. The van der Waals surface area contributed by atoms with Gasteiger partial charge in [-0.05, 0) is 65.5 Å². The fourth-order valence-corrected chi connectivity index (χ4v) is 5.40. The van der Waals surface area contributed by atoms with Gasteiger partial charge in [0.1, 0.15) is 0 Å². The maximum absolute atomic E-state index is 12.7. The lowest BCUT2D eigenvalue weighted by Gasteiger charge is -2.31. The number of nitrogens with one attached hydrogen (secondary N) is 1. The van der Waals surface area contributed by atoms with Crippen molar-refractivity contribution >= 4 is 55.0 Å². The minimum atomic E-state index is -3.50. The molecule has 0 spiro atoms. The summed E-state index contributed by atoms with van der Waals surface area (Å²) in [5, 5.41) is 2.74. The number of thiophene rings is 1. The molecule has 0 saturated carbocycles. The number of carbonyl (C=O) groups excluding carboxylic acids is 1. The van der Waals surface area contributed by atoms with Crippen LogP contribution in [-0.2, 0) is 14.8 Å². The first kappa shape index (κ1) is 20.2. The van der Waals surface area contributed by atoms with E-state index in [0.29, 0.717) is 18.8 Å². The highest BCUT2D eigenvalue weighted by Crippen LogP contribution is 2.23. The number of amides is 1. The van der Waals surface area contributed by atoms with Crippen LogP contribution in [0.5, 0.6) is 0 Å². The molecule has 1 N–H and O–H groups in total. The van der Waals surface area contributed by atoms with Crippen LogP contribution in [0, 0.1) is 0 Å². The SMILES string of the molecule is CN1CCN(S(=O)(=O)c2ccc(NC(=O)/C=C/c3ccc(Br)s3)cc2)CC1. The summed E-state index contributed by atoms with van der Waals surface area (Å²) in [6.07, 6.45) is 3.18. The Kier molecular flexibility index (Phi) is 6.48. The molecule has 1 aromatic carbocycles. The Morgan fingerprint density at radius 2 is 1.78 bits per heavy atom. The molecule has 1 amide bonds. The van der Waals surface area contributed by atoms with Crippen molar-refractivity contribution in [3.8, 4) is 0 Å². The van der Waals surface area contributed by atoms with Crippen molar-refractivity contribution < 1.29 is 13.2 Å². The molecule has 9 heteroatoms. The van der Waals surface area contributed by atoms with Crippen molar-refractivity contribution in [2.45, 2.75) is 4.90 Å². The van der Waals surface area contributed by atoms with Gasteiger partial charge in [-0.25, -0.2) is 8.42 Å². The van der Waals surface area contributed by atoms with Gasteiger partial charge in [-0.15, -0.1) is 11.3 Å². The second kappa shape index (κ2) is 8.66. The van der Waals surface area contributed by atoms with Gasteiger partial charge in [0.25, 0.3) is 0 Å². The zero-order chi connectivity index (χ0) is 19.4. The molecule has 1 fully saturated rings. The summed E-state index contributed by atoms with van der Waals surface area (Å²) in [6.45, 7) is 2.42. The molecule has 2 heterocycles. The second-order valence-corrected chi connectivity index (χ2v) is 10.6. The Labute approximate surface area is 171 Å². The Morgan fingerprint density at radius 3 is 2.37 bits per heavy atom. The van der Waals surface area contributed by atoms with Crippen LogP contribution < -0.4 is 5.32 Å². The number of hydrogen-bond acceptors (Lipinski definition) is 5. The summed E-state index contributed by atoms with van der Waals surface area (Å²) >= 11 is 4.91. The summed E-state index contributed by atoms with van der Waals surface area (Å²) in [5.41, 5.74) is 0.550. The highest BCUT2D eigenvalue weighted by atomic mass is 79.9. The van der Waals surface area contributed by atoms with E-state index < -0.39 is 10.0 Å². The molecule has 0 aliphatic carbocycles. The minimum absolute atomic E-state index is 0.240. The molecule has 3 rings (SSSR count). The Balaban J connectivity index is 1.62. The van der Waals surface area contributed by atoms with Crippen LogP contribution >= 0.6 is 27.3 Å². The Bertz CT molecular complexity index is 931. The number of sulfonamides is 1. The van der Waals surface area contributed by atoms with Crippen LogP contribution in [0.1, 0.15) is 4.88 Å². The van der Waals surface area contributed by atoms with Crippen molar-refractivity contribution in [2.75, 3.05) is 38.5 Å². The van der Waals surface area contributed by atoms with E-state index in [4.69, 9.17) is 0 Å². The summed E-state index contributed by atoms with van der Waals surface area (Å²) in [6, 6.07) is 10.1. The molecule has 2 aromatic rings. The fraction of sp³-hybridized carbons (Fsp3) is 0.278. The zero-order valence-electron chi connectivity index (χ0n) is 14.8. The summed E-state index contributed by atoms with van der Waals surface area (Å²) in [4.78, 5) is 15.3. The number of nitrogens with zero attached hydrogens (tertiary/aromatic N) is 2. The number of likely N-dealkylation sites (N-methyl/N-ethyl adjacent to an activating group) is 1. The van der Waals surface area contributed by atoms with Gasteiger partial charge in [0.2, 0.25) is 15.9 Å². The minimum Gasteiger partial charge on any atom is -0.323 e. The van der Waals surface area contributed by atoms with Gasteiger partial charge in [-0.2, -0.15) is 4.31 Å². The molecule has 1 aromatic heterocycles. The van der Waals surface area contributed by atoms with Gasteiger partial charge in [-0.3, -0.25) is 4.79 Å². The molecular weight excluding hydrogens is 450 g/mol. The number of piperazine rings is 1. The van der Waals surface area contributed by atoms with Crippen molar-refractivity contribution in [3.05, 3.63) is 51.1 Å². The van der Waals surface area contributed by atoms with Crippen LogP contribution in [0.25, 0.3) is 6.08 Å². The van der Waals surface area contributed by atoms with E-state index >= 15 is 0 Å². The zero-order valence-corrected chi connectivity index (χ0v) is 18.0. The maximum atomic E-state index is 12.7. The molecule has 0 unspecified atom stereocenters. The summed E-state index contributed by atoms with van der Waals surface area (Å²) < 4.78 is 27.9. The highest BCUT2D eigenvalue weighted by molar-refractivity contribution is 9.11. The number of benzene rings is 1. The topological polar surface area (TPSA) is 69.7 Å². The standard InChI is InChI=1S/C18H20BrN3O3S2/c1-21-10-12-22(13-11-21)27(24,25)16-6-2-14(3-7-16)20-18(23)9-5-15-4-8-17(19)26-15/h2-9H,10-13H2,1H3,(H,20,23)/b9-5+. The van der Waals surface area contributed by atoms with Gasteiger partial charge in [0, 0.05) is 42.8 Å². The van der Waals surface area contributed by atoms with E-state index in [1.165, 1.54) is 33.9 Å². The lowest BCUT2D eigenvalue weighted by Crippen LogP contribution is -2.46. The third kappa shape index (κ3) is 5.26. The first-order valence-corrected chi connectivity index (χ1v) is 11.4. The molecule has 1 saturated heterocycles. The van der Waals surface area contributed by atoms with E-state index in [2.05, 4.69) is 26.1 Å². The third-order valence-corrected chi connectivity index (χ3v) is 7.72. The molecule has 0 atom stereocenters. The van der Waals surface area contributed by atoms with E-state index in [9.17, 15) is 13.2 Å². The molecular formula is C18H20BrN3O3S2. The van der Waals surface area contributed by atoms with Crippen molar-refractivity contribution in [1.82, 2.24) is 9.21 Å². The monoisotopic (exact) mass is 469 g/mol. The number of carbonyl (C=O) groups is 1. The number of hydrogen-bond donors (Lipinski definition) is 1. The van der Waals surface area contributed by atoms with Gasteiger partial charge >= 0.3 is 0 Å². The van der Waals surface area contributed by atoms with Gasteiger partial charge in [0.05, 0.1) is 8.68 Å². The molecule has 0 radical (unpaired) electrons. The number of anilines is 1. The van der Waals surface area contributed by atoms with Crippen molar-refractivity contribution in [3.63, 3.8) is 0 Å². The summed E-state index contributed by atoms with van der Waals surface area (Å²) in [7, 11) is -1.52. The first-order valence-electron chi connectivity index (χ1n) is 8.38. The smallest absolute Gasteiger partial charge is 0.248 e. The van der Waals surface area contributed by atoms with Gasteiger partial charge in [0.15, 0.2) is 0 Å². The molecule has 0 bridgehead atoms. The van der Waals surface area contributed by atoms with E-state index in [1.807, 2.05) is 19.2 Å². The number of rotatable bonds is 5. The quantitative estimate of drug-likeness (QED) is 0.682. The van der Waals surface area contributed by atoms with E-state index in [1.54, 1.807) is 18.2 Å². The Morgan fingerprint density at radius 1 is 1.11 bits per heavy atom. The van der Waals surface area contributed by atoms with Crippen molar-refractivity contribution in [2.24, 2.45) is 0 Å². The van der Waals surface area contributed by atoms with Crippen LogP contribution in [0.4, 0.5) is 5.69 Å². The average Bonchev–Trinajstić information content (AvgIpc) is 3.06. The highest BCUT2D eigenvalue weighted by Gasteiger charge is 2.27. The average molecular weight is 470 g/mol. The van der Waals surface area contributed by atoms with E-state index in [0.717, 1.165) is 21.8 Å². The fourth-order valence-electron chi connectivity index (χ4n) is 2.65. The second-order valence-electron chi connectivity index (χ2n) is 6.20. The molecule has 1 aliphatic heterocycles. The van der Waals surface area contributed by atoms with Gasteiger partial charge < -0.3 is 10.2 Å². The third-order valence-electron chi connectivity index (χ3n) is 4.21. The van der Waals surface area contributed by atoms with Gasteiger partial charge in [-0.1, -0.05) is 0 Å². The largest absolute Gasteiger partial charge is 0.323 e. The normalized spacial score (nSPS) is 16.7.